The predicted molar refractivity (Wildman–Crippen MR) is 114 cm³/mol. The van der Waals surface area contributed by atoms with Crippen LogP contribution < -0.4 is 5.32 Å². The Morgan fingerprint density at radius 2 is 1.93 bits per heavy atom. The number of unbranched alkanes of at least 4 members (excludes halogenated alkanes) is 1. The summed E-state index contributed by atoms with van der Waals surface area (Å²) in [5.41, 5.74) is 1.25. The van der Waals surface area contributed by atoms with Crippen LogP contribution in [0, 0.1) is 18.8 Å². The molecule has 0 radical (unpaired) electrons. The van der Waals surface area contributed by atoms with E-state index < -0.39 is 10.0 Å². The van der Waals surface area contributed by atoms with Crippen LogP contribution >= 0.6 is 0 Å². The fraction of sp³-hybridized carbons (Fsp3) is 0.682. The number of aryl methyl sites for hydroxylation is 1. The Morgan fingerprint density at radius 3 is 2.54 bits per heavy atom. The van der Waals surface area contributed by atoms with Crippen molar-refractivity contribution in [1.82, 2.24) is 9.62 Å². The summed E-state index contributed by atoms with van der Waals surface area (Å²) in [5.74, 6) is 0.841. The molecule has 1 fully saturated rings. The number of nitrogens with one attached hydrogen (secondary N) is 1. The zero-order valence-electron chi connectivity index (χ0n) is 17.8. The molecule has 1 aliphatic rings. The number of piperidine rings is 1. The van der Waals surface area contributed by atoms with E-state index in [0.29, 0.717) is 37.0 Å². The number of hydrogen-bond acceptors (Lipinski definition) is 3. The lowest BCUT2D eigenvalue weighted by atomic mass is 9.99. The quantitative estimate of drug-likeness (QED) is 0.660. The molecule has 0 bridgehead atoms. The van der Waals surface area contributed by atoms with Crippen LogP contribution in [0.1, 0.15) is 75.2 Å². The minimum atomic E-state index is -3.55. The van der Waals surface area contributed by atoms with Crippen molar-refractivity contribution in [3.63, 3.8) is 0 Å². The SMILES string of the molecule is CCCCC(CC)CNC(=O)c1cc(S(=O)(=O)N2CCC(C)CC2)ccc1C. The van der Waals surface area contributed by atoms with Crippen LogP contribution in [0.3, 0.4) is 0 Å². The molecule has 1 aliphatic heterocycles. The van der Waals surface area contributed by atoms with E-state index in [-0.39, 0.29) is 10.8 Å². The van der Waals surface area contributed by atoms with Crippen LogP contribution in [0.2, 0.25) is 0 Å². The fourth-order valence-corrected chi connectivity index (χ4v) is 5.15. The molecular weight excluding hydrogens is 372 g/mol. The van der Waals surface area contributed by atoms with Gasteiger partial charge in [-0.3, -0.25) is 4.79 Å². The fourth-order valence-electron chi connectivity index (χ4n) is 3.66. The Bertz CT molecular complexity index is 753. The highest BCUT2D eigenvalue weighted by Crippen LogP contribution is 2.25. The predicted octanol–water partition coefficient (Wildman–Crippen LogP) is 4.36. The molecule has 0 aliphatic carbocycles. The number of carbonyl (C=O) groups is 1. The molecule has 5 nitrogen and oxygen atoms in total. The van der Waals surface area contributed by atoms with Crippen LogP contribution in [0.4, 0.5) is 0 Å². The molecular formula is C22H36N2O3S. The molecule has 0 aromatic heterocycles. The maximum absolute atomic E-state index is 13.0. The number of hydrogen-bond donors (Lipinski definition) is 1. The lowest BCUT2D eigenvalue weighted by Gasteiger charge is -2.29. The van der Waals surface area contributed by atoms with Gasteiger partial charge in [-0.05, 0) is 55.7 Å². The first-order chi connectivity index (χ1) is 13.3. The maximum Gasteiger partial charge on any atom is 0.251 e. The molecule has 1 unspecified atom stereocenters. The van der Waals surface area contributed by atoms with Gasteiger partial charge < -0.3 is 5.32 Å². The highest BCUT2D eigenvalue weighted by atomic mass is 32.2. The molecule has 2 rings (SSSR count). The summed E-state index contributed by atoms with van der Waals surface area (Å²) in [5, 5.41) is 3.02. The van der Waals surface area contributed by atoms with Crippen molar-refractivity contribution in [1.29, 1.82) is 0 Å². The molecule has 1 heterocycles. The van der Waals surface area contributed by atoms with Gasteiger partial charge >= 0.3 is 0 Å². The zero-order chi connectivity index (χ0) is 20.7. The van der Waals surface area contributed by atoms with E-state index in [2.05, 4.69) is 26.1 Å². The summed E-state index contributed by atoms with van der Waals surface area (Å²) in [6.45, 7) is 10.1. The summed E-state index contributed by atoms with van der Waals surface area (Å²) in [6.07, 6.45) is 6.21. The van der Waals surface area contributed by atoms with Gasteiger partial charge in [0.1, 0.15) is 0 Å². The lowest BCUT2D eigenvalue weighted by molar-refractivity contribution is 0.0945. The van der Waals surface area contributed by atoms with Gasteiger partial charge in [-0.25, -0.2) is 8.42 Å². The van der Waals surface area contributed by atoms with E-state index in [1.54, 1.807) is 22.5 Å². The second kappa shape index (κ2) is 10.4. The van der Waals surface area contributed by atoms with Gasteiger partial charge in [0.15, 0.2) is 0 Å². The molecule has 1 amide bonds. The van der Waals surface area contributed by atoms with Crippen molar-refractivity contribution in [3.8, 4) is 0 Å². The van der Waals surface area contributed by atoms with E-state index in [9.17, 15) is 13.2 Å². The molecule has 1 aromatic carbocycles. The summed E-state index contributed by atoms with van der Waals surface area (Å²) >= 11 is 0. The number of benzene rings is 1. The third-order valence-corrected chi connectivity index (χ3v) is 7.82. The molecule has 6 heteroatoms. The Balaban J connectivity index is 2.12. The minimum Gasteiger partial charge on any atom is -0.352 e. The van der Waals surface area contributed by atoms with Crippen LogP contribution in [-0.4, -0.2) is 38.3 Å². The average molecular weight is 409 g/mol. The Kier molecular flexibility index (Phi) is 8.50. The van der Waals surface area contributed by atoms with Gasteiger partial charge in [-0.15, -0.1) is 0 Å². The van der Waals surface area contributed by atoms with Gasteiger partial charge in [0.05, 0.1) is 4.90 Å². The van der Waals surface area contributed by atoms with Crippen molar-refractivity contribution in [2.75, 3.05) is 19.6 Å². The van der Waals surface area contributed by atoms with Crippen LogP contribution in [-0.2, 0) is 10.0 Å². The normalized spacial score (nSPS) is 17.4. The Hall–Kier alpha value is -1.40. The van der Waals surface area contributed by atoms with Gasteiger partial charge in [0.2, 0.25) is 10.0 Å². The number of nitrogens with zero attached hydrogens (tertiary/aromatic N) is 1. The first kappa shape index (κ1) is 22.9. The molecule has 0 saturated carbocycles. The molecule has 1 atom stereocenters. The highest BCUT2D eigenvalue weighted by molar-refractivity contribution is 7.89. The van der Waals surface area contributed by atoms with Crippen molar-refractivity contribution in [2.24, 2.45) is 11.8 Å². The van der Waals surface area contributed by atoms with Gasteiger partial charge in [0.25, 0.3) is 5.91 Å². The van der Waals surface area contributed by atoms with E-state index in [4.69, 9.17) is 0 Å². The zero-order valence-corrected chi connectivity index (χ0v) is 18.6. The number of carbonyl (C=O) groups excluding carboxylic acids is 1. The number of rotatable bonds is 9. The van der Waals surface area contributed by atoms with Crippen molar-refractivity contribution >= 4 is 15.9 Å². The van der Waals surface area contributed by atoms with Gasteiger partial charge in [-0.1, -0.05) is 46.1 Å². The lowest BCUT2D eigenvalue weighted by Crippen LogP contribution is -2.38. The van der Waals surface area contributed by atoms with Crippen LogP contribution in [0.15, 0.2) is 23.1 Å². The average Bonchev–Trinajstić information content (AvgIpc) is 2.68. The summed E-state index contributed by atoms with van der Waals surface area (Å²) < 4.78 is 27.6. The first-order valence-corrected chi connectivity index (χ1v) is 12.1. The molecule has 28 heavy (non-hydrogen) atoms. The first-order valence-electron chi connectivity index (χ1n) is 10.7. The van der Waals surface area contributed by atoms with Crippen molar-refractivity contribution in [3.05, 3.63) is 29.3 Å². The third-order valence-electron chi connectivity index (χ3n) is 5.93. The standard InChI is InChI=1S/C22H36N2O3S/c1-5-7-8-19(6-2)16-23-22(25)21-15-20(10-9-18(21)4)28(26,27)24-13-11-17(3)12-14-24/h9-10,15,17,19H,5-8,11-14,16H2,1-4H3,(H,23,25). The van der Waals surface area contributed by atoms with E-state index in [1.807, 2.05) is 6.92 Å². The molecule has 0 spiro atoms. The summed E-state index contributed by atoms with van der Waals surface area (Å²) in [6, 6.07) is 4.91. The molecule has 1 N–H and O–H groups in total. The molecule has 1 saturated heterocycles. The monoisotopic (exact) mass is 408 g/mol. The smallest absolute Gasteiger partial charge is 0.251 e. The van der Waals surface area contributed by atoms with E-state index in [0.717, 1.165) is 44.1 Å². The molecule has 158 valence electrons. The number of amides is 1. The highest BCUT2D eigenvalue weighted by Gasteiger charge is 2.29. The largest absolute Gasteiger partial charge is 0.352 e. The minimum absolute atomic E-state index is 0.184. The van der Waals surface area contributed by atoms with E-state index >= 15 is 0 Å². The topological polar surface area (TPSA) is 66.5 Å². The Morgan fingerprint density at radius 1 is 1.25 bits per heavy atom. The van der Waals surface area contributed by atoms with E-state index in [1.165, 1.54) is 0 Å². The number of sulfonamides is 1. The van der Waals surface area contributed by atoms with Crippen LogP contribution in [0.5, 0.6) is 0 Å². The maximum atomic E-state index is 13.0. The summed E-state index contributed by atoms with van der Waals surface area (Å²) in [7, 11) is -3.55. The van der Waals surface area contributed by atoms with Gasteiger partial charge in [-0.2, -0.15) is 4.31 Å². The molecule has 1 aromatic rings. The third kappa shape index (κ3) is 5.80. The summed E-state index contributed by atoms with van der Waals surface area (Å²) in [4.78, 5) is 13.0. The van der Waals surface area contributed by atoms with Crippen molar-refractivity contribution < 1.29 is 13.2 Å². The van der Waals surface area contributed by atoms with Crippen molar-refractivity contribution in [2.45, 2.75) is 71.1 Å². The second-order valence-corrected chi connectivity index (χ2v) is 10.1. The van der Waals surface area contributed by atoms with Gasteiger partial charge in [0, 0.05) is 25.2 Å². The second-order valence-electron chi connectivity index (χ2n) is 8.19. The Labute approximate surface area is 170 Å². The van der Waals surface area contributed by atoms with Crippen LogP contribution in [0.25, 0.3) is 0 Å².